The summed E-state index contributed by atoms with van der Waals surface area (Å²) >= 11 is 6.58. The molecule has 0 aromatic heterocycles. The normalized spacial score (nSPS) is 15.3. The Hall–Kier alpha value is -2.73. The lowest BCUT2D eigenvalue weighted by atomic mass is 10.1. The number of unbranched alkanes of at least 4 members (excludes halogenated alkanes) is 2. The number of carbonyl (C=O) groups excluding carboxylic acids is 2. The lowest BCUT2D eigenvalue weighted by Gasteiger charge is -2.14. The van der Waals surface area contributed by atoms with Gasteiger partial charge >= 0.3 is 0 Å². The van der Waals surface area contributed by atoms with Crippen LogP contribution in [0.15, 0.2) is 58.3 Å². The van der Waals surface area contributed by atoms with E-state index >= 15 is 0 Å². The average molecular weight is 506 g/mol. The molecule has 8 nitrogen and oxygen atoms in total. The quantitative estimate of drug-likeness (QED) is 0.270. The monoisotopic (exact) mass is 505 g/mol. The van der Waals surface area contributed by atoms with Crippen LogP contribution in [0.4, 0.5) is 5.69 Å². The van der Waals surface area contributed by atoms with E-state index in [1.165, 1.54) is 36.0 Å². The number of nitrogens with zero attached hydrogens (tertiary/aromatic N) is 1. The number of carbonyl (C=O) groups is 2. The Balaban J connectivity index is 1.40. The molecule has 174 valence electrons. The van der Waals surface area contributed by atoms with Gasteiger partial charge in [0.15, 0.2) is 0 Å². The lowest BCUT2D eigenvalue weighted by molar-refractivity contribution is -0.122. The fourth-order valence-electron chi connectivity index (χ4n) is 3.10. The van der Waals surface area contributed by atoms with Crippen molar-refractivity contribution >= 4 is 61.9 Å². The van der Waals surface area contributed by atoms with E-state index in [9.17, 15) is 23.1 Å². The van der Waals surface area contributed by atoms with E-state index in [0.29, 0.717) is 40.7 Å². The van der Waals surface area contributed by atoms with Crippen LogP contribution in [-0.4, -0.2) is 41.1 Å². The van der Waals surface area contributed by atoms with Gasteiger partial charge in [-0.05, 0) is 60.9 Å². The van der Waals surface area contributed by atoms with Crippen LogP contribution in [0, 0.1) is 0 Å². The van der Waals surface area contributed by atoms with Crippen LogP contribution < -0.4 is 10.5 Å². The maximum Gasteiger partial charge on any atom is 0.266 e. The number of sulfonamides is 1. The summed E-state index contributed by atoms with van der Waals surface area (Å²) in [6.07, 6.45) is 4.13. The highest BCUT2D eigenvalue weighted by Crippen LogP contribution is 2.33. The summed E-state index contributed by atoms with van der Waals surface area (Å²) in [7, 11) is -3.77. The fraction of sp³-hybridized carbons (Fsp3) is 0.227. The van der Waals surface area contributed by atoms with Crippen molar-refractivity contribution in [1.29, 1.82) is 0 Å². The molecule has 1 aliphatic rings. The summed E-state index contributed by atoms with van der Waals surface area (Å²) in [4.78, 5) is 26.8. The third-order valence-corrected chi connectivity index (χ3v) is 7.12. The zero-order chi connectivity index (χ0) is 24.0. The largest absolute Gasteiger partial charge is 0.508 e. The summed E-state index contributed by atoms with van der Waals surface area (Å²) < 4.78 is 23.0. The molecule has 1 aliphatic heterocycles. The van der Waals surface area contributed by atoms with Crippen molar-refractivity contribution in [1.82, 2.24) is 4.90 Å². The van der Waals surface area contributed by atoms with E-state index in [-0.39, 0.29) is 22.5 Å². The van der Waals surface area contributed by atoms with E-state index < -0.39 is 10.0 Å². The number of thioether (sulfide) groups is 1. The summed E-state index contributed by atoms with van der Waals surface area (Å²) in [6, 6.07) is 12.2. The predicted molar refractivity (Wildman–Crippen MR) is 133 cm³/mol. The Morgan fingerprint density at radius 1 is 1.09 bits per heavy atom. The van der Waals surface area contributed by atoms with Crippen LogP contribution in [0.1, 0.15) is 31.2 Å². The van der Waals surface area contributed by atoms with Gasteiger partial charge in [-0.15, -0.1) is 0 Å². The maximum atomic E-state index is 12.6. The van der Waals surface area contributed by atoms with Gasteiger partial charge in [-0.3, -0.25) is 14.5 Å². The van der Waals surface area contributed by atoms with Gasteiger partial charge in [0.25, 0.3) is 5.91 Å². The molecule has 0 spiro atoms. The van der Waals surface area contributed by atoms with E-state index in [1.54, 1.807) is 35.2 Å². The number of phenolic OH excluding ortho intramolecular Hbond substituents is 1. The van der Waals surface area contributed by atoms with Gasteiger partial charge in [-0.25, -0.2) is 13.6 Å². The molecule has 1 saturated heterocycles. The molecule has 0 radical (unpaired) electrons. The van der Waals surface area contributed by atoms with Gasteiger partial charge < -0.3 is 10.4 Å². The molecule has 4 N–H and O–H groups in total. The first-order chi connectivity index (χ1) is 15.6. The average Bonchev–Trinajstić information content (AvgIpc) is 3.02. The number of nitrogens with one attached hydrogen (secondary N) is 1. The van der Waals surface area contributed by atoms with Gasteiger partial charge in [-0.1, -0.05) is 42.5 Å². The third-order valence-electron chi connectivity index (χ3n) is 4.82. The Bertz CT molecular complexity index is 1180. The minimum atomic E-state index is -3.77. The van der Waals surface area contributed by atoms with Crippen LogP contribution in [0.3, 0.4) is 0 Å². The van der Waals surface area contributed by atoms with Crippen molar-refractivity contribution in [2.24, 2.45) is 5.14 Å². The van der Waals surface area contributed by atoms with Gasteiger partial charge in [0.05, 0.1) is 9.80 Å². The van der Waals surface area contributed by atoms with E-state index in [1.807, 2.05) is 0 Å². The highest BCUT2D eigenvalue weighted by atomic mass is 32.2. The van der Waals surface area contributed by atoms with Gasteiger partial charge in [0, 0.05) is 18.7 Å². The van der Waals surface area contributed by atoms with Crippen molar-refractivity contribution in [3.63, 3.8) is 0 Å². The minimum absolute atomic E-state index is 0.0193. The first kappa shape index (κ1) is 24.9. The van der Waals surface area contributed by atoms with E-state index in [0.717, 1.165) is 12.0 Å². The van der Waals surface area contributed by atoms with E-state index in [2.05, 4.69) is 5.32 Å². The van der Waals surface area contributed by atoms with Crippen LogP contribution in [0.2, 0.25) is 0 Å². The number of phenols is 1. The van der Waals surface area contributed by atoms with Crippen LogP contribution >= 0.6 is 24.0 Å². The van der Waals surface area contributed by atoms with Crippen LogP contribution in [-0.2, 0) is 19.6 Å². The number of amides is 2. The Labute approximate surface area is 201 Å². The summed E-state index contributed by atoms with van der Waals surface area (Å²) in [5, 5.41) is 17.1. The predicted octanol–water partition coefficient (Wildman–Crippen LogP) is 3.44. The molecule has 11 heteroatoms. The number of nitrogens with two attached hydrogens (primary N) is 1. The molecule has 0 aliphatic carbocycles. The SMILES string of the molecule is NS(=O)(=O)c1ccc(NC(=O)CCCCCN2C(=O)/C(=C/c3ccc(O)cc3)SC2=S)cc1. The number of rotatable bonds is 9. The molecule has 3 rings (SSSR count). The molecule has 0 unspecified atom stereocenters. The molecule has 2 aromatic carbocycles. The van der Waals surface area contributed by atoms with Gasteiger partial charge in [-0.2, -0.15) is 0 Å². The molecule has 1 fully saturated rings. The molecule has 0 saturated carbocycles. The Kier molecular flexibility index (Phi) is 8.25. The molecule has 1 heterocycles. The topological polar surface area (TPSA) is 130 Å². The molecule has 2 amide bonds. The Morgan fingerprint density at radius 2 is 1.76 bits per heavy atom. The number of thiocarbonyl (C=S) groups is 1. The fourth-order valence-corrected chi connectivity index (χ4v) is 4.92. The first-order valence-electron chi connectivity index (χ1n) is 10.1. The minimum Gasteiger partial charge on any atom is -0.508 e. The summed E-state index contributed by atoms with van der Waals surface area (Å²) in [5.41, 5.74) is 1.30. The number of anilines is 1. The highest BCUT2D eigenvalue weighted by molar-refractivity contribution is 8.26. The molecule has 33 heavy (non-hydrogen) atoms. The number of aromatic hydroxyl groups is 1. The zero-order valence-electron chi connectivity index (χ0n) is 17.6. The maximum absolute atomic E-state index is 12.6. The summed E-state index contributed by atoms with van der Waals surface area (Å²) in [6.45, 7) is 0.480. The van der Waals surface area contributed by atoms with Crippen molar-refractivity contribution < 1.29 is 23.1 Å². The molecule has 0 atom stereocenters. The highest BCUT2D eigenvalue weighted by Gasteiger charge is 2.31. The third kappa shape index (κ3) is 7.13. The van der Waals surface area contributed by atoms with Crippen molar-refractivity contribution in [2.75, 3.05) is 11.9 Å². The Morgan fingerprint density at radius 3 is 2.39 bits per heavy atom. The molecular formula is C22H23N3O5S3. The second kappa shape index (κ2) is 10.9. The second-order valence-electron chi connectivity index (χ2n) is 7.35. The number of benzene rings is 2. The van der Waals surface area contributed by atoms with Crippen molar-refractivity contribution in [2.45, 2.75) is 30.6 Å². The molecule has 2 aromatic rings. The van der Waals surface area contributed by atoms with Crippen LogP contribution in [0.25, 0.3) is 6.08 Å². The smallest absolute Gasteiger partial charge is 0.266 e. The van der Waals surface area contributed by atoms with E-state index in [4.69, 9.17) is 17.4 Å². The summed E-state index contributed by atoms with van der Waals surface area (Å²) in [5.74, 6) is -0.159. The van der Waals surface area contributed by atoms with Crippen molar-refractivity contribution in [3.05, 3.63) is 59.0 Å². The number of primary sulfonamides is 1. The molecule has 0 bridgehead atoms. The molecular weight excluding hydrogens is 482 g/mol. The zero-order valence-corrected chi connectivity index (χ0v) is 20.0. The standard InChI is InChI=1S/C22H23N3O5S3/c23-33(29,30)18-11-7-16(8-12-18)24-20(27)4-2-1-3-13-25-21(28)19(32-22(25)31)14-15-5-9-17(26)10-6-15/h5-12,14,26H,1-4,13H2,(H,24,27)(H2,23,29,30)/b19-14-. The van der Waals surface area contributed by atoms with Gasteiger partial charge in [0.2, 0.25) is 15.9 Å². The first-order valence-corrected chi connectivity index (χ1v) is 12.9. The second-order valence-corrected chi connectivity index (χ2v) is 10.6. The van der Waals surface area contributed by atoms with Gasteiger partial charge in [0.1, 0.15) is 10.1 Å². The lowest BCUT2D eigenvalue weighted by Crippen LogP contribution is -2.29. The number of hydrogen-bond acceptors (Lipinski definition) is 7. The van der Waals surface area contributed by atoms with Crippen LogP contribution in [0.5, 0.6) is 5.75 Å². The van der Waals surface area contributed by atoms with Crippen molar-refractivity contribution in [3.8, 4) is 5.75 Å². The number of hydrogen-bond donors (Lipinski definition) is 3.